The molecule has 1 amide bonds. The number of rotatable bonds is 5. The molecule has 0 atom stereocenters. The van der Waals surface area contributed by atoms with Gasteiger partial charge in [-0.2, -0.15) is 0 Å². The topological polar surface area (TPSA) is 49.3 Å². The van der Waals surface area contributed by atoms with Crippen LogP contribution in [0.15, 0.2) is 0 Å². The molecule has 0 radical (unpaired) electrons. The third-order valence-corrected chi connectivity index (χ3v) is 1.58. The van der Waals surface area contributed by atoms with Crippen LogP contribution in [0.4, 0.5) is 0 Å². The zero-order valence-corrected chi connectivity index (χ0v) is 13.6. The maximum Gasteiger partial charge on any atom is 0.220 e. The highest BCUT2D eigenvalue weighted by atomic mass is 16.2. The molecule has 0 aliphatic carbocycles. The highest BCUT2D eigenvalue weighted by Gasteiger charge is 2.12. The highest BCUT2D eigenvalue weighted by molar-refractivity contribution is 5.76. The van der Waals surface area contributed by atoms with Gasteiger partial charge in [-0.15, -0.1) is 0 Å². The van der Waals surface area contributed by atoms with Gasteiger partial charge in [0.2, 0.25) is 5.91 Å². The third kappa shape index (κ3) is 29.5. The van der Waals surface area contributed by atoms with Gasteiger partial charge in [-0.1, -0.05) is 40.5 Å². The lowest BCUT2D eigenvalue weighted by Crippen LogP contribution is -2.40. The van der Waals surface area contributed by atoms with Gasteiger partial charge in [0, 0.05) is 18.6 Å². The molecule has 0 unspecified atom stereocenters. The predicted octanol–water partition coefficient (Wildman–Crippen LogP) is 3.90. The van der Waals surface area contributed by atoms with E-state index in [4.69, 9.17) is 5.11 Å². The van der Waals surface area contributed by atoms with E-state index in [1.807, 2.05) is 34.6 Å². The molecule has 0 spiro atoms. The van der Waals surface area contributed by atoms with E-state index in [2.05, 4.69) is 19.2 Å². The van der Waals surface area contributed by atoms with E-state index in [-0.39, 0.29) is 18.1 Å². The summed E-state index contributed by atoms with van der Waals surface area (Å²) in [6, 6.07) is 0. The zero-order chi connectivity index (χ0) is 15.0. The van der Waals surface area contributed by atoms with Crippen molar-refractivity contribution in [2.24, 2.45) is 0 Å². The molecule has 0 heterocycles. The van der Waals surface area contributed by atoms with Crippen LogP contribution in [-0.2, 0) is 4.79 Å². The average molecular weight is 261 g/mol. The van der Waals surface area contributed by atoms with Crippen LogP contribution >= 0.6 is 0 Å². The first kappa shape index (κ1) is 22.6. The maximum atomic E-state index is 11.2. The van der Waals surface area contributed by atoms with Crippen molar-refractivity contribution in [1.29, 1.82) is 0 Å². The lowest BCUT2D eigenvalue weighted by atomic mass is 10.1. The lowest BCUT2D eigenvalue weighted by molar-refractivity contribution is -0.122. The summed E-state index contributed by atoms with van der Waals surface area (Å²) >= 11 is 0. The molecule has 0 saturated carbocycles. The molecule has 112 valence electrons. The van der Waals surface area contributed by atoms with Crippen molar-refractivity contribution in [3.63, 3.8) is 0 Å². The Hall–Kier alpha value is -0.570. The standard InChI is InChI=1S/C10H21NO2.C3H8.C2H6/c1-10(2,3)11-9(13)7-5-4-6-8-12;1-3-2;1-2/h12H,4-8H2,1-3H3,(H,11,13);3H2,1-2H3;1-2H3. The van der Waals surface area contributed by atoms with Gasteiger partial charge >= 0.3 is 0 Å². The van der Waals surface area contributed by atoms with Crippen LogP contribution in [0.25, 0.3) is 0 Å². The summed E-state index contributed by atoms with van der Waals surface area (Å²) in [5, 5.41) is 11.4. The number of aliphatic hydroxyl groups is 1. The van der Waals surface area contributed by atoms with Crippen LogP contribution in [-0.4, -0.2) is 23.2 Å². The Morgan fingerprint density at radius 2 is 1.50 bits per heavy atom. The van der Waals surface area contributed by atoms with E-state index < -0.39 is 0 Å². The second-order valence-corrected chi connectivity index (χ2v) is 5.04. The molecule has 3 heteroatoms. The number of hydrogen-bond acceptors (Lipinski definition) is 2. The minimum atomic E-state index is -0.131. The van der Waals surface area contributed by atoms with Crippen LogP contribution in [0.3, 0.4) is 0 Å². The second kappa shape index (κ2) is 16.4. The molecule has 0 bridgehead atoms. The Kier molecular flexibility index (Phi) is 20.6. The van der Waals surface area contributed by atoms with Crippen LogP contribution < -0.4 is 5.32 Å². The number of amides is 1. The number of carbonyl (C=O) groups excluding carboxylic acids is 1. The summed E-state index contributed by atoms with van der Waals surface area (Å²) in [7, 11) is 0. The van der Waals surface area contributed by atoms with E-state index in [1.54, 1.807) is 0 Å². The molecule has 0 aromatic heterocycles. The molecule has 18 heavy (non-hydrogen) atoms. The number of hydrogen-bond donors (Lipinski definition) is 2. The van der Waals surface area contributed by atoms with Gasteiger partial charge in [-0.05, 0) is 33.6 Å². The quantitative estimate of drug-likeness (QED) is 0.737. The highest BCUT2D eigenvalue weighted by Crippen LogP contribution is 2.03. The van der Waals surface area contributed by atoms with E-state index in [0.29, 0.717) is 6.42 Å². The van der Waals surface area contributed by atoms with Crippen LogP contribution in [0.2, 0.25) is 0 Å². The van der Waals surface area contributed by atoms with Crippen molar-refractivity contribution in [2.45, 2.75) is 86.1 Å². The summed E-state index contributed by atoms with van der Waals surface area (Å²) in [6.07, 6.45) is 4.40. The second-order valence-electron chi connectivity index (χ2n) is 5.04. The molecule has 3 nitrogen and oxygen atoms in total. The van der Waals surface area contributed by atoms with Crippen LogP contribution in [0, 0.1) is 0 Å². The Morgan fingerprint density at radius 3 is 1.83 bits per heavy atom. The fourth-order valence-electron chi connectivity index (χ4n) is 1.05. The molecule has 0 fully saturated rings. The van der Waals surface area contributed by atoms with E-state index >= 15 is 0 Å². The Labute approximate surface area is 114 Å². The van der Waals surface area contributed by atoms with Gasteiger partial charge in [0.1, 0.15) is 0 Å². The fraction of sp³-hybridized carbons (Fsp3) is 0.933. The normalized spacial score (nSPS) is 9.56. The van der Waals surface area contributed by atoms with Crippen molar-refractivity contribution >= 4 is 5.91 Å². The van der Waals surface area contributed by atoms with E-state index in [1.165, 1.54) is 6.42 Å². The molecular weight excluding hydrogens is 226 g/mol. The molecular formula is C15H35NO2. The fourth-order valence-corrected chi connectivity index (χ4v) is 1.05. The Balaban J connectivity index is -0.000000389. The summed E-state index contributed by atoms with van der Waals surface area (Å²) < 4.78 is 0. The summed E-state index contributed by atoms with van der Waals surface area (Å²) in [4.78, 5) is 11.2. The van der Waals surface area contributed by atoms with Crippen molar-refractivity contribution in [2.75, 3.05) is 6.61 Å². The summed E-state index contributed by atoms with van der Waals surface area (Å²) in [5.74, 6) is 0.102. The van der Waals surface area contributed by atoms with Gasteiger partial charge in [-0.3, -0.25) is 4.79 Å². The minimum absolute atomic E-state index is 0.102. The van der Waals surface area contributed by atoms with Gasteiger partial charge in [0.05, 0.1) is 0 Å². The molecule has 0 aliphatic rings. The van der Waals surface area contributed by atoms with Gasteiger partial charge in [0.25, 0.3) is 0 Å². The van der Waals surface area contributed by atoms with E-state index in [9.17, 15) is 4.79 Å². The molecule has 2 N–H and O–H groups in total. The van der Waals surface area contributed by atoms with Crippen LogP contribution in [0.5, 0.6) is 0 Å². The van der Waals surface area contributed by atoms with Gasteiger partial charge < -0.3 is 10.4 Å². The Morgan fingerprint density at radius 1 is 1.06 bits per heavy atom. The SMILES string of the molecule is CC.CC(C)(C)NC(=O)CCCCCO.CCC. The number of unbranched alkanes of at least 4 members (excludes halogenated alkanes) is 2. The predicted molar refractivity (Wildman–Crippen MR) is 80.8 cm³/mol. The van der Waals surface area contributed by atoms with Gasteiger partial charge in [-0.25, -0.2) is 0 Å². The number of aliphatic hydroxyl groups excluding tert-OH is 1. The smallest absolute Gasteiger partial charge is 0.220 e. The molecule has 0 aromatic carbocycles. The third-order valence-electron chi connectivity index (χ3n) is 1.58. The van der Waals surface area contributed by atoms with Crippen LogP contribution in [0.1, 0.15) is 80.6 Å². The summed E-state index contributed by atoms with van der Waals surface area (Å²) in [5.41, 5.74) is -0.131. The first-order valence-electron chi connectivity index (χ1n) is 7.29. The summed E-state index contributed by atoms with van der Waals surface area (Å²) in [6.45, 7) is 14.4. The van der Waals surface area contributed by atoms with Crippen molar-refractivity contribution < 1.29 is 9.90 Å². The average Bonchev–Trinajstić information content (AvgIpc) is 2.26. The lowest BCUT2D eigenvalue weighted by Gasteiger charge is -2.20. The zero-order valence-electron chi connectivity index (χ0n) is 13.6. The first-order chi connectivity index (χ1) is 8.37. The minimum Gasteiger partial charge on any atom is -0.396 e. The molecule has 0 saturated heterocycles. The first-order valence-corrected chi connectivity index (χ1v) is 7.29. The number of nitrogens with one attached hydrogen (secondary N) is 1. The van der Waals surface area contributed by atoms with Crippen molar-refractivity contribution in [1.82, 2.24) is 5.32 Å². The molecule has 0 rings (SSSR count). The number of carbonyl (C=O) groups is 1. The molecule has 0 aliphatic heterocycles. The maximum absolute atomic E-state index is 11.2. The monoisotopic (exact) mass is 261 g/mol. The Bertz CT molecular complexity index is 162. The van der Waals surface area contributed by atoms with Crippen molar-refractivity contribution in [3.05, 3.63) is 0 Å². The van der Waals surface area contributed by atoms with Gasteiger partial charge in [0.15, 0.2) is 0 Å². The van der Waals surface area contributed by atoms with Crippen molar-refractivity contribution in [3.8, 4) is 0 Å². The largest absolute Gasteiger partial charge is 0.396 e. The van der Waals surface area contributed by atoms with E-state index in [0.717, 1.165) is 19.3 Å². The molecule has 0 aromatic rings.